The van der Waals surface area contributed by atoms with E-state index in [1.54, 1.807) is 6.20 Å². The van der Waals surface area contributed by atoms with Gasteiger partial charge in [0.1, 0.15) is 5.82 Å². The number of benzene rings is 1. The molecular weight excluding hydrogens is 272 g/mol. The van der Waals surface area contributed by atoms with Crippen molar-refractivity contribution in [1.29, 1.82) is 0 Å². The second-order valence-electron chi connectivity index (χ2n) is 5.49. The maximum Gasteiger partial charge on any atom is 0.224 e. The standard InChI is InChI=1S/C18H26N4/c1-4-6-7-12-19-18-20-13-11-16(22-18)21-17-14(3)9-8-10-15(17)5-2/h8-11,13H,4-7,12H2,1-3H3,(H2,19,20,21,22). The van der Waals surface area contributed by atoms with E-state index in [4.69, 9.17) is 0 Å². The van der Waals surface area contributed by atoms with Gasteiger partial charge in [0.2, 0.25) is 5.95 Å². The van der Waals surface area contributed by atoms with Crippen LogP contribution in [0.25, 0.3) is 0 Å². The van der Waals surface area contributed by atoms with Gasteiger partial charge in [0.05, 0.1) is 0 Å². The number of aryl methyl sites for hydroxylation is 2. The molecule has 0 saturated carbocycles. The zero-order valence-electron chi connectivity index (χ0n) is 13.8. The van der Waals surface area contributed by atoms with Crippen molar-refractivity contribution in [3.05, 3.63) is 41.6 Å². The molecule has 2 aromatic rings. The first-order valence-corrected chi connectivity index (χ1v) is 8.17. The molecule has 0 aliphatic heterocycles. The maximum absolute atomic E-state index is 4.55. The Morgan fingerprint density at radius 1 is 1.09 bits per heavy atom. The van der Waals surface area contributed by atoms with E-state index in [0.717, 1.165) is 30.9 Å². The normalized spacial score (nSPS) is 10.5. The highest BCUT2D eigenvalue weighted by Crippen LogP contribution is 2.24. The Hall–Kier alpha value is -2.10. The summed E-state index contributed by atoms with van der Waals surface area (Å²) in [7, 11) is 0. The molecule has 0 atom stereocenters. The molecule has 0 fully saturated rings. The summed E-state index contributed by atoms with van der Waals surface area (Å²) in [5, 5.41) is 6.73. The van der Waals surface area contributed by atoms with Gasteiger partial charge < -0.3 is 10.6 Å². The van der Waals surface area contributed by atoms with E-state index in [1.165, 1.54) is 24.0 Å². The molecule has 1 heterocycles. The number of unbranched alkanes of at least 4 members (excludes halogenated alkanes) is 2. The lowest BCUT2D eigenvalue weighted by Crippen LogP contribution is -2.07. The fourth-order valence-electron chi connectivity index (χ4n) is 2.42. The van der Waals surface area contributed by atoms with E-state index < -0.39 is 0 Å². The minimum atomic E-state index is 0.688. The molecule has 4 nitrogen and oxygen atoms in total. The molecule has 0 aliphatic rings. The van der Waals surface area contributed by atoms with Crippen LogP contribution in [0.5, 0.6) is 0 Å². The molecule has 2 rings (SSSR count). The molecule has 0 aliphatic carbocycles. The largest absolute Gasteiger partial charge is 0.354 e. The number of aromatic nitrogens is 2. The van der Waals surface area contributed by atoms with E-state index in [0.29, 0.717) is 5.95 Å². The van der Waals surface area contributed by atoms with Crippen molar-refractivity contribution >= 4 is 17.5 Å². The van der Waals surface area contributed by atoms with Crippen molar-refractivity contribution in [1.82, 2.24) is 9.97 Å². The highest BCUT2D eigenvalue weighted by atomic mass is 15.1. The summed E-state index contributed by atoms with van der Waals surface area (Å²) in [6, 6.07) is 8.27. The summed E-state index contributed by atoms with van der Waals surface area (Å²) >= 11 is 0. The quantitative estimate of drug-likeness (QED) is 0.694. The molecular formula is C18H26N4. The fourth-order valence-corrected chi connectivity index (χ4v) is 2.42. The molecule has 0 bridgehead atoms. The average molecular weight is 298 g/mol. The number of anilines is 3. The van der Waals surface area contributed by atoms with Crippen LogP contribution < -0.4 is 10.6 Å². The monoisotopic (exact) mass is 298 g/mol. The Bertz CT molecular complexity index is 595. The zero-order chi connectivity index (χ0) is 15.8. The minimum Gasteiger partial charge on any atom is -0.354 e. The van der Waals surface area contributed by atoms with Crippen LogP contribution >= 0.6 is 0 Å². The summed E-state index contributed by atoms with van der Waals surface area (Å²) in [5.41, 5.74) is 3.69. The summed E-state index contributed by atoms with van der Waals surface area (Å²) in [6.45, 7) is 7.41. The van der Waals surface area contributed by atoms with Gasteiger partial charge in [0, 0.05) is 18.4 Å². The third-order valence-electron chi connectivity index (χ3n) is 3.71. The Balaban J connectivity index is 2.07. The van der Waals surface area contributed by atoms with Crippen molar-refractivity contribution in [3.63, 3.8) is 0 Å². The number of rotatable bonds is 8. The number of hydrogen-bond donors (Lipinski definition) is 2. The number of nitrogens with one attached hydrogen (secondary N) is 2. The smallest absolute Gasteiger partial charge is 0.224 e. The second kappa shape index (κ2) is 8.37. The van der Waals surface area contributed by atoms with Crippen LogP contribution in [0, 0.1) is 6.92 Å². The van der Waals surface area contributed by atoms with E-state index in [1.807, 2.05) is 6.07 Å². The summed E-state index contributed by atoms with van der Waals surface area (Å²) in [6.07, 6.45) is 6.39. The molecule has 4 heteroatoms. The summed E-state index contributed by atoms with van der Waals surface area (Å²) < 4.78 is 0. The topological polar surface area (TPSA) is 49.8 Å². The van der Waals surface area contributed by atoms with Gasteiger partial charge in [-0.1, -0.05) is 44.9 Å². The average Bonchev–Trinajstić information content (AvgIpc) is 2.54. The predicted molar refractivity (Wildman–Crippen MR) is 93.9 cm³/mol. The first-order valence-electron chi connectivity index (χ1n) is 8.17. The Labute approximate surface area is 133 Å². The van der Waals surface area contributed by atoms with Crippen molar-refractivity contribution in [2.45, 2.75) is 46.5 Å². The molecule has 0 unspecified atom stereocenters. The maximum atomic E-state index is 4.55. The molecule has 22 heavy (non-hydrogen) atoms. The van der Waals surface area contributed by atoms with E-state index in [2.05, 4.69) is 59.6 Å². The zero-order valence-corrected chi connectivity index (χ0v) is 13.8. The van der Waals surface area contributed by atoms with Gasteiger partial charge in [-0.3, -0.25) is 0 Å². The third kappa shape index (κ3) is 4.45. The number of hydrogen-bond acceptors (Lipinski definition) is 4. The van der Waals surface area contributed by atoms with Gasteiger partial charge in [-0.05, 0) is 37.0 Å². The molecule has 0 radical (unpaired) electrons. The molecule has 0 spiro atoms. The van der Waals surface area contributed by atoms with E-state index in [9.17, 15) is 0 Å². The first kappa shape index (κ1) is 16.3. The minimum absolute atomic E-state index is 0.688. The van der Waals surface area contributed by atoms with Crippen molar-refractivity contribution in [2.24, 2.45) is 0 Å². The molecule has 0 saturated heterocycles. The second-order valence-corrected chi connectivity index (χ2v) is 5.49. The van der Waals surface area contributed by atoms with Gasteiger partial charge in [0.15, 0.2) is 0 Å². The van der Waals surface area contributed by atoms with E-state index >= 15 is 0 Å². The lowest BCUT2D eigenvalue weighted by Gasteiger charge is -2.14. The first-order chi connectivity index (χ1) is 10.7. The lowest BCUT2D eigenvalue weighted by atomic mass is 10.1. The lowest BCUT2D eigenvalue weighted by molar-refractivity contribution is 0.740. The van der Waals surface area contributed by atoms with Crippen molar-refractivity contribution in [2.75, 3.05) is 17.2 Å². The number of nitrogens with zero attached hydrogens (tertiary/aromatic N) is 2. The van der Waals surface area contributed by atoms with Gasteiger partial charge in [0.25, 0.3) is 0 Å². The predicted octanol–water partition coefficient (Wildman–Crippen LogP) is 4.69. The van der Waals surface area contributed by atoms with Gasteiger partial charge in [-0.2, -0.15) is 4.98 Å². The van der Waals surface area contributed by atoms with Crippen molar-refractivity contribution < 1.29 is 0 Å². The van der Waals surface area contributed by atoms with Gasteiger partial charge >= 0.3 is 0 Å². The van der Waals surface area contributed by atoms with Gasteiger partial charge in [-0.15, -0.1) is 0 Å². The van der Waals surface area contributed by atoms with Crippen LogP contribution in [0.1, 0.15) is 44.2 Å². The Morgan fingerprint density at radius 3 is 2.73 bits per heavy atom. The molecule has 118 valence electrons. The molecule has 2 N–H and O–H groups in total. The van der Waals surface area contributed by atoms with Crippen LogP contribution in [0.15, 0.2) is 30.5 Å². The SMILES string of the molecule is CCCCCNc1nccc(Nc2c(C)cccc2CC)n1. The van der Waals surface area contributed by atoms with Crippen LogP contribution in [0.3, 0.4) is 0 Å². The van der Waals surface area contributed by atoms with Crippen LogP contribution in [-0.2, 0) is 6.42 Å². The Morgan fingerprint density at radius 2 is 1.95 bits per heavy atom. The molecule has 1 aromatic carbocycles. The number of para-hydroxylation sites is 1. The van der Waals surface area contributed by atoms with Crippen LogP contribution in [0.2, 0.25) is 0 Å². The summed E-state index contributed by atoms with van der Waals surface area (Å²) in [4.78, 5) is 8.83. The fraction of sp³-hybridized carbons (Fsp3) is 0.444. The summed E-state index contributed by atoms with van der Waals surface area (Å²) in [5.74, 6) is 1.52. The van der Waals surface area contributed by atoms with E-state index in [-0.39, 0.29) is 0 Å². The third-order valence-corrected chi connectivity index (χ3v) is 3.71. The molecule has 0 amide bonds. The van der Waals surface area contributed by atoms with Crippen LogP contribution in [-0.4, -0.2) is 16.5 Å². The van der Waals surface area contributed by atoms with Gasteiger partial charge in [-0.25, -0.2) is 4.98 Å². The highest BCUT2D eigenvalue weighted by Gasteiger charge is 2.06. The van der Waals surface area contributed by atoms with Crippen LogP contribution in [0.4, 0.5) is 17.5 Å². The Kier molecular flexibility index (Phi) is 6.19. The van der Waals surface area contributed by atoms with Crippen molar-refractivity contribution in [3.8, 4) is 0 Å². The molecule has 1 aromatic heterocycles. The highest BCUT2D eigenvalue weighted by molar-refractivity contribution is 5.65.